The second-order valence-corrected chi connectivity index (χ2v) is 5.51. The highest BCUT2D eigenvalue weighted by Crippen LogP contribution is 2.30. The summed E-state index contributed by atoms with van der Waals surface area (Å²) in [5.74, 6) is 0.784. The van der Waals surface area contributed by atoms with E-state index >= 15 is 0 Å². The van der Waals surface area contributed by atoms with E-state index in [2.05, 4.69) is 13.0 Å². The van der Waals surface area contributed by atoms with Crippen LogP contribution in [0.2, 0.25) is 0 Å². The number of nitrogens with zero attached hydrogens (tertiary/aromatic N) is 1. The minimum Gasteiger partial charge on any atom is -0.376 e. The van der Waals surface area contributed by atoms with Crippen molar-refractivity contribution in [3.05, 3.63) is 0 Å². The second-order valence-electron chi connectivity index (χ2n) is 5.51. The smallest absolute Gasteiger partial charge is 0.0808 e. The van der Waals surface area contributed by atoms with Crippen molar-refractivity contribution in [2.45, 2.75) is 57.7 Å². The molecule has 0 radical (unpaired) electrons. The molecule has 3 heteroatoms. The Morgan fingerprint density at radius 2 is 2.18 bits per heavy atom. The molecule has 0 aromatic heterocycles. The Balaban J connectivity index is 1.77. The summed E-state index contributed by atoms with van der Waals surface area (Å²) in [6.07, 6.45) is 7.12. The van der Waals surface area contributed by atoms with Crippen molar-refractivity contribution < 1.29 is 9.47 Å². The molecular formula is C14H23NO2. The summed E-state index contributed by atoms with van der Waals surface area (Å²) in [6, 6.07) is 2.40. The first-order valence-electron chi connectivity index (χ1n) is 6.92. The second kappa shape index (κ2) is 6.37. The van der Waals surface area contributed by atoms with Gasteiger partial charge in [0.15, 0.2) is 0 Å². The first kappa shape index (κ1) is 12.9. The maximum atomic E-state index is 9.12. The molecule has 4 unspecified atom stereocenters. The Morgan fingerprint density at radius 1 is 1.29 bits per heavy atom. The van der Waals surface area contributed by atoms with Crippen molar-refractivity contribution in [1.29, 1.82) is 5.26 Å². The van der Waals surface area contributed by atoms with Crippen LogP contribution in [-0.4, -0.2) is 25.4 Å². The fourth-order valence-electron chi connectivity index (χ4n) is 2.83. The van der Waals surface area contributed by atoms with Crippen LogP contribution in [0, 0.1) is 23.2 Å². The van der Waals surface area contributed by atoms with Gasteiger partial charge in [0, 0.05) is 6.61 Å². The number of rotatable bonds is 3. The van der Waals surface area contributed by atoms with Gasteiger partial charge in [0.25, 0.3) is 0 Å². The Bertz CT molecular complexity index is 268. The summed E-state index contributed by atoms with van der Waals surface area (Å²) < 4.78 is 11.6. The lowest BCUT2D eigenvalue weighted by molar-refractivity contribution is -0.0828. The lowest BCUT2D eigenvalue weighted by atomic mass is 9.81. The van der Waals surface area contributed by atoms with Crippen molar-refractivity contribution in [3.63, 3.8) is 0 Å². The number of hydrogen-bond donors (Lipinski definition) is 0. The normalized spacial score (nSPS) is 38.6. The van der Waals surface area contributed by atoms with E-state index < -0.39 is 0 Å². The third-order valence-electron chi connectivity index (χ3n) is 3.99. The van der Waals surface area contributed by atoms with E-state index in [1.54, 1.807) is 0 Å². The zero-order valence-electron chi connectivity index (χ0n) is 10.7. The molecule has 0 N–H and O–H groups in total. The van der Waals surface area contributed by atoms with E-state index in [9.17, 15) is 0 Å². The topological polar surface area (TPSA) is 42.2 Å². The minimum atomic E-state index is 0.0924. The van der Waals surface area contributed by atoms with Crippen LogP contribution in [0.1, 0.15) is 45.4 Å². The van der Waals surface area contributed by atoms with Gasteiger partial charge in [-0.15, -0.1) is 0 Å². The fourth-order valence-corrected chi connectivity index (χ4v) is 2.83. The lowest BCUT2D eigenvalue weighted by Crippen LogP contribution is -2.34. The number of ether oxygens (including phenoxy) is 2. The van der Waals surface area contributed by atoms with Gasteiger partial charge in [0.2, 0.25) is 0 Å². The van der Waals surface area contributed by atoms with Crippen molar-refractivity contribution in [2.75, 3.05) is 13.2 Å². The minimum absolute atomic E-state index is 0.0924. The molecule has 1 aliphatic carbocycles. The molecule has 2 fully saturated rings. The van der Waals surface area contributed by atoms with Crippen molar-refractivity contribution in [3.8, 4) is 6.07 Å². The average Bonchev–Trinajstić information content (AvgIpc) is 2.38. The summed E-state index contributed by atoms with van der Waals surface area (Å²) in [4.78, 5) is 0. The van der Waals surface area contributed by atoms with Gasteiger partial charge in [-0.25, -0.2) is 0 Å². The maximum absolute atomic E-state index is 9.12. The van der Waals surface area contributed by atoms with Gasteiger partial charge in [-0.05, 0) is 44.4 Å². The molecule has 2 aliphatic rings. The lowest BCUT2D eigenvalue weighted by Gasteiger charge is -2.32. The predicted octanol–water partition coefficient (Wildman–Crippen LogP) is 2.90. The SMILES string of the molecule is CC1CCC(C#N)C(OCC2CCCCO2)C1. The molecule has 1 heterocycles. The highest BCUT2D eigenvalue weighted by atomic mass is 16.5. The van der Waals surface area contributed by atoms with Crippen molar-refractivity contribution in [2.24, 2.45) is 11.8 Å². The van der Waals surface area contributed by atoms with Gasteiger partial charge in [0.1, 0.15) is 0 Å². The summed E-state index contributed by atoms with van der Waals surface area (Å²) in [6.45, 7) is 3.80. The Kier molecular flexibility index (Phi) is 4.82. The molecule has 2 rings (SSSR count). The molecule has 4 atom stereocenters. The van der Waals surface area contributed by atoms with Crippen molar-refractivity contribution in [1.82, 2.24) is 0 Å². The van der Waals surface area contributed by atoms with Gasteiger partial charge < -0.3 is 9.47 Å². The number of nitriles is 1. The molecule has 1 saturated heterocycles. The molecule has 3 nitrogen and oxygen atoms in total. The van der Waals surface area contributed by atoms with Crippen LogP contribution < -0.4 is 0 Å². The summed E-state index contributed by atoms with van der Waals surface area (Å²) in [5, 5.41) is 9.12. The quantitative estimate of drug-likeness (QED) is 0.758. The average molecular weight is 237 g/mol. The molecule has 17 heavy (non-hydrogen) atoms. The third kappa shape index (κ3) is 3.69. The van der Waals surface area contributed by atoms with E-state index in [0.29, 0.717) is 12.5 Å². The molecule has 1 saturated carbocycles. The Morgan fingerprint density at radius 3 is 2.88 bits per heavy atom. The first-order chi connectivity index (χ1) is 8.29. The zero-order valence-corrected chi connectivity index (χ0v) is 10.7. The van der Waals surface area contributed by atoms with Crippen LogP contribution in [0.4, 0.5) is 0 Å². The monoisotopic (exact) mass is 237 g/mol. The molecule has 96 valence electrons. The third-order valence-corrected chi connectivity index (χ3v) is 3.99. The number of hydrogen-bond acceptors (Lipinski definition) is 3. The van der Waals surface area contributed by atoms with Crippen LogP contribution in [0.15, 0.2) is 0 Å². The van der Waals surface area contributed by atoms with Gasteiger partial charge in [-0.1, -0.05) is 6.92 Å². The summed E-state index contributed by atoms with van der Waals surface area (Å²) >= 11 is 0. The highest BCUT2D eigenvalue weighted by molar-refractivity contribution is 4.93. The Labute approximate surface area is 104 Å². The van der Waals surface area contributed by atoms with Crippen molar-refractivity contribution >= 4 is 0 Å². The molecule has 1 aliphatic heterocycles. The van der Waals surface area contributed by atoms with Crippen LogP contribution in [-0.2, 0) is 9.47 Å². The van der Waals surface area contributed by atoms with Gasteiger partial charge >= 0.3 is 0 Å². The van der Waals surface area contributed by atoms with Crippen LogP contribution in [0.3, 0.4) is 0 Å². The van der Waals surface area contributed by atoms with Crippen LogP contribution in [0.5, 0.6) is 0 Å². The van der Waals surface area contributed by atoms with E-state index in [0.717, 1.165) is 32.3 Å². The first-order valence-corrected chi connectivity index (χ1v) is 6.92. The van der Waals surface area contributed by atoms with Gasteiger partial charge in [-0.3, -0.25) is 0 Å². The van der Waals surface area contributed by atoms with Crippen LogP contribution >= 0.6 is 0 Å². The van der Waals surface area contributed by atoms with Gasteiger partial charge in [0.05, 0.1) is 30.8 Å². The molecule has 0 bridgehead atoms. The van der Waals surface area contributed by atoms with Crippen LogP contribution in [0.25, 0.3) is 0 Å². The summed E-state index contributed by atoms with van der Waals surface area (Å²) in [5.41, 5.74) is 0. The van der Waals surface area contributed by atoms with E-state index in [4.69, 9.17) is 14.7 Å². The zero-order chi connectivity index (χ0) is 12.1. The van der Waals surface area contributed by atoms with E-state index in [1.807, 2.05) is 0 Å². The Hall–Kier alpha value is -0.590. The van der Waals surface area contributed by atoms with Gasteiger partial charge in [-0.2, -0.15) is 5.26 Å². The standard InChI is InChI=1S/C14H23NO2/c1-11-5-6-12(9-15)14(8-11)17-10-13-4-2-3-7-16-13/h11-14H,2-8,10H2,1H3. The molecular weight excluding hydrogens is 214 g/mol. The molecule has 0 amide bonds. The molecule has 0 aromatic rings. The largest absolute Gasteiger partial charge is 0.376 e. The maximum Gasteiger partial charge on any atom is 0.0808 e. The summed E-state index contributed by atoms with van der Waals surface area (Å²) in [7, 11) is 0. The highest BCUT2D eigenvalue weighted by Gasteiger charge is 2.30. The van der Waals surface area contributed by atoms with E-state index in [-0.39, 0.29) is 18.1 Å². The predicted molar refractivity (Wildman–Crippen MR) is 65.4 cm³/mol. The fraction of sp³-hybridized carbons (Fsp3) is 0.929. The molecule has 0 aromatic carbocycles. The van der Waals surface area contributed by atoms with E-state index in [1.165, 1.54) is 12.8 Å². The molecule has 0 spiro atoms.